The van der Waals surface area contributed by atoms with Crippen LogP contribution in [0.5, 0.6) is 0 Å². The van der Waals surface area contributed by atoms with Gasteiger partial charge in [-0.1, -0.05) is 61.0 Å². The zero-order valence-corrected chi connectivity index (χ0v) is 19.4. The van der Waals surface area contributed by atoms with Crippen molar-refractivity contribution in [2.75, 3.05) is 0 Å². The zero-order valence-electron chi connectivity index (χ0n) is 18.7. The number of ketones is 1. The number of benzene rings is 2. The van der Waals surface area contributed by atoms with Crippen LogP contribution in [0.1, 0.15) is 60.6 Å². The van der Waals surface area contributed by atoms with Gasteiger partial charge in [-0.25, -0.2) is 0 Å². The van der Waals surface area contributed by atoms with Crippen LogP contribution >= 0.6 is 11.6 Å². The fourth-order valence-corrected chi connectivity index (χ4v) is 4.37. The number of carboxylic acids is 1. The highest BCUT2D eigenvalue weighted by atomic mass is 35.5. The molecule has 0 radical (unpaired) electrons. The number of halogens is 1. The summed E-state index contributed by atoms with van der Waals surface area (Å²) in [7, 11) is 1.98. The molecular formula is C27H30ClNO3. The molecule has 2 aromatic carbocycles. The van der Waals surface area contributed by atoms with E-state index in [1.807, 2.05) is 50.4 Å². The van der Waals surface area contributed by atoms with Crippen molar-refractivity contribution in [3.8, 4) is 0 Å². The minimum absolute atomic E-state index is 0.00871. The number of carbonyl (C=O) groups excluding carboxylic acids is 1. The molecule has 168 valence electrons. The van der Waals surface area contributed by atoms with Gasteiger partial charge < -0.3 is 9.67 Å². The van der Waals surface area contributed by atoms with Gasteiger partial charge in [0, 0.05) is 47.1 Å². The molecule has 0 aliphatic heterocycles. The standard InChI is InChI=1S/C27H30ClNO3/c1-19(17-26(31)32)16-25(30)27-22-18-21(28)14-15-23(22)29(2)24(27)13-9-4-3-6-10-20-11-7-5-8-12-20/h5-8,10-12,14-15,18-19H,3-4,9,13,16-17H2,1-2H3,(H,31,32)/b10-6+/t19-/m1/s1. The molecule has 0 spiro atoms. The summed E-state index contributed by atoms with van der Waals surface area (Å²) in [5, 5.41) is 10.5. The highest BCUT2D eigenvalue weighted by molar-refractivity contribution is 6.31. The Kier molecular flexibility index (Phi) is 8.29. The lowest BCUT2D eigenvalue weighted by atomic mass is 9.94. The van der Waals surface area contributed by atoms with Crippen LogP contribution in [0.3, 0.4) is 0 Å². The third-order valence-corrected chi connectivity index (χ3v) is 6.00. The fraction of sp³-hybridized carbons (Fsp3) is 0.333. The number of carbonyl (C=O) groups is 2. The molecular weight excluding hydrogens is 422 g/mol. The molecule has 0 aliphatic carbocycles. The van der Waals surface area contributed by atoms with Crippen molar-refractivity contribution < 1.29 is 14.7 Å². The summed E-state index contributed by atoms with van der Waals surface area (Å²) >= 11 is 6.24. The molecule has 0 aliphatic rings. The summed E-state index contributed by atoms with van der Waals surface area (Å²) in [6.07, 6.45) is 8.27. The molecule has 32 heavy (non-hydrogen) atoms. The smallest absolute Gasteiger partial charge is 0.303 e. The average Bonchev–Trinajstić information content (AvgIpc) is 3.01. The van der Waals surface area contributed by atoms with E-state index in [4.69, 9.17) is 16.7 Å². The third kappa shape index (κ3) is 6.10. The van der Waals surface area contributed by atoms with E-state index < -0.39 is 5.97 Å². The quantitative estimate of drug-likeness (QED) is 0.253. The average molecular weight is 452 g/mol. The first-order valence-electron chi connectivity index (χ1n) is 11.1. The Hall–Kier alpha value is -2.85. The highest BCUT2D eigenvalue weighted by Crippen LogP contribution is 2.31. The van der Waals surface area contributed by atoms with Gasteiger partial charge in [-0.3, -0.25) is 9.59 Å². The van der Waals surface area contributed by atoms with Crippen LogP contribution in [-0.2, 0) is 18.3 Å². The summed E-state index contributed by atoms with van der Waals surface area (Å²) in [4.78, 5) is 24.3. The summed E-state index contributed by atoms with van der Waals surface area (Å²) in [5.41, 5.74) is 3.87. The second-order valence-electron chi connectivity index (χ2n) is 8.43. The summed E-state index contributed by atoms with van der Waals surface area (Å²) in [6, 6.07) is 15.9. The van der Waals surface area contributed by atoms with Crippen LogP contribution in [-0.4, -0.2) is 21.4 Å². The number of aliphatic carboxylic acids is 1. The topological polar surface area (TPSA) is 59.3 Å². The molecule has 3 aromatic rings. The summed E-state index contributed by atoms with van der Waals surface area (Å²) in [5.74, 6) is -1.11. The Bertz CT molecular complexity index is 1110. The second-order valence-corrected chi connectivity index (χ2v) is 8.87. The lowest BCUT2D eigenvalue weighted by molar-refractivity contribution is -0.137. The van der Waals surface area contributed by atoms with Gasteiger partial charge in [0.1, 0.15) is 0 Å². The minimum Gasteiger partial charge on any atom is -0.481 e. The number of unbranched alkanes of at least 4 members (excludes halogenated alkanes) is 2. The molecule has 3 rings (SSSR count). The first kappa shape index (κ1) is 23.8. The first-order valence-corrected chi connectivity index (χ1v) is 11.5. The number of fused-ring (bicyclic) bond motifs is 1. The molecule has 4 nitrogen and oxygen atoms in total. The van der Waals surface area contributed by atoms with Gasteiger partial charge in [-0.15, -0.1) is 0 Å². The number of carboxylic acid groups (broad SMARTS) is 1. The van der Waals surface area contributed by atoms with E-state index in [-0.39, 0.29) is 24.5 Å². The summed E-state index contributed by atoms with van der Waals surface area (Å²) < 4.78 is 2.08. The molecule has 0 saturated carbocycles. The molecule has 0 unspecified atom stereocenters. The molecule has 0 saturated heterocycles. The van der Waals surface area contributed by atoms with Crippen molar-refractivity contribution in [3.05, 3.63) is 76.5 Å². The second kappa shape index (κ2) is 11.1. The normalized spacial score (nSPS) is 12.5. The zero-order chi connectivity index (χ0) is 23.1. The molecule has 1 atom stereocenters. The maximum absolute atomic E-state index is 13.2. The van der Waals surface area contributed by atoms with Gasteiger partial charge in [0.2, 0.25) is 0 Å². The maximum Gasteiger partial charge on any atom is 0.303 e. The number of rotatable bonds is 11. The van der Waals surface area contributed by atoms with Gasteiger partial charge in [0.15, 0.2) is 5.78 Å². The monoisotopic (exact) mass is 451 g/mol. The molecule has 1 N–H and O–H groups in total. The number of hydrogen-bond donors (Lipinski definition) is 1. The van der Waals surface area contributed by atoms with E-state index in [9.17, 15) is 9.59 Å². The van der Waals surface area contributed by atoms with Crippen molar-refractivity contribution in [2.24, 2.45) is 13.0 Å². The van der Waals surface area contributed by atoms with E-state index in [0.717, 1.165) is 42.3 Å². The molecule has 0 amide bonds. The van der Waals surface area contributed by atoms with Gasteiger partial charge >= 0.3 is 5.97 Å². The fourth-order valence-electron chi connectivity index (χ4n) is 4.20. The van der Waals surface area contributed by atoms with Gasteiger partial charge in [0.05, 0.1) is 0 Å². The van der Waals surface area contributed by atoms with Crippen molar-refractivity contribution in [1.82, 2.24) is 4.57 Å². The van der Waals surface area contributed by atoms with E-state index in [0.29, 0.717) is 10.6 Å². The Morgan fingerprint density at radius 3 is 2.56 bits per heavy atom. The van der Waals surface area contributed by atoms with Crippen molar-refractivity contribution in [3.63, 3.8) is 0 Å². The Morgan fingerprint density at radius 1 is 1.09 bits per heavy atom. The lowest BCUT2D eigenvalue weighted by Gasteiger charge is -2.10. The molecule has 5 heteroatoms. The van der Waals surface area contributed by atoms with Crippen LogP contribution in [0.15, 0.2) is 54.6 Å². The van der Waals surface area contributed by atoms with Crippen molar-refractivity contribution >= 4 is 40.3 Å². The predicted molar refractivity (Wildman–Crippen MR) is 131 cm³/mol. The van der Waals surface area contributed by atoms with Crippen LogP contribution in [0.2, 0.25) is 5.02 Å². The molecule has 1 heterocycles. The largest absolute Gasteiger partial charge is 0.481 e. The molecule has 0 fully saturated rings. The SMILES string of the molecule is C[C@@H](CC(=O)O)CC(=O)c1c(CCCC/C=C/c2ccccc2)n(C)c2ccc(Cl)cc12. The first-order chi connectivity index (χ1) is 15.4. The van der Waals surface area contributed by atoms with E-state index in [1.54, 1.807) is 0 Å². The number of nitrogens with zero attached hydrogens (tertiary/aromatic N) is 1. The van der Waals surface area contributed by atoms with Crippen LogP contribution in [0, 0.1) is 5.92 Å². The van der Waals surface area contributed by atoms with Gasteiger partial charge in [0.25, 0.3) is 0 Å². The number of Topliss-reactive ketones (excluding diaryl/α,β-unsaturated/α-hetero) is 1. The van der Waals surface area contributed by atoms with Crippen molar-refractivity contribution in [2.45, 2.75) is 45.4 Å². The predicted octanol–water partition coefficient (Wildman–Crippen LogP) is 6.94. The third-order valence-electron chi connectivity index (χ3n) is 5.76. The van der Waals surface area contributed by atoms with E-state index in [1.165, 1.54) is 5.56 Å². The Labute approximate surface area is 194 Å². The number of aromatic nitrogens is 1. The molecule has 0 bridgehead atoms. The number of aryl methyl sites for hydroxylation is 1. The van der Waals surface area contributed by atoms with Crippen LogP contribution in [0.25, 0.3) is 17.0 Å². The van der Waals surface area contributed by atoms with Gasteiger partial charge in [-0.05, 0) is 55.4 Å². The van der Waals surface area contributed by atoms with E-state index in [2.05, 4.69) is 28.9 Å². The van der Waals surface area contributed by atoms with Gasteiger partial charge in [-0.2, -0.15) is 0 Å². The Balaban J connectivity index is 1.74. The lowest BCUT2D eigenvalue weighted by Crippen LogP contribution is -2.12. The maximum atomic E-state index is 13.2. The van der Waals surface area contributed by atoms with Crippen LogP contribution < -0.4 is 0 Å². The summed E-state index contributed by atoms with van der Waals surface area (Å²) in [6.45, 7) is 1.81. The molecule has 1 aromatic heterocycles. The van der Waals surface area contributed by atoms with E-state index >= 15 is 0 Å². The van der Waals surface area contributed by atoms with Crippen LogP contribution in [0.4, 0.5) is 0 Å². The number of hydrogen-bond acceptors (Lipinski definition) is 2. The minimum atomic E-state index is -0.880. The highest BCUT2D eigenvalue weighted by Gasteiger charge is 2.23. The Morgan fingerprint density at radius 2 is 1.84 bits per heavy atom. The number of allylic oxidation sites excluding steroid dienone is 1. The van der Waals surface area contributed by atoms with Crippen molar-refractivity contribution in [1.29, 1.82) is 0 Å².